The van der Waals surface area contributed by atoms with E-state index in [1.165, 1.54) is 5.69 Å². The van der Waals surface area contributed by atoms with Crippen LogP contribution in [0.5, 0.6) is 0 Å². The van der Waals surface area contributed by atoms with E-state index >= 15 is 0 Å². The Labute approximate surface area is 217 Å². The third-order valence-corrected chi connectivity index (χ3v) is 6.49. The van der Waals surface area contributed by atoms with Crippen LogP contribution in [0.2, 0.25) is 0 Å². The van der Waals surface area contributed by atoms with E-state index in [2.05, 4.69) is 64.2 Å². The number of nitrogens with zero attached hydrogens (tertiary/aromatic N) is 4. The minimum Gasteiger partial charge on any atom is -0.385 e. The molecule has 2 heterocycles. The highest BCUT2D eigenvalue weighted by molar-refractivity contribution is 14.0. The van der Waals surface area contributed by atoms with Gasteiger partial charge in [-0.2, -0.15) is 0 Å². The number of hydrogen-bond donors (Lipinski definition) is 1. The van der Waals surface area contributed by atoms with Gasteiger partial charge >= 0.3 is 0 Å². The van der Waals surface area contributed by atoms with E-state index in [0.717, 1.165) is 90.8 Å². The first kappa shape index (κ1) is 28.1. The molecule has 1 aromatic rings. The van der Waals surface area contributed by atoms with Crippen LogP contribution in [0.15, 0.2) is 35.3 Å². The fourth-order valence-electron chi connectivity index (χ4n) is 4.51. The molecule has 1 aromatic carbocycles. The molecule has 1 unspecified atom stereocenters. The molecule has 0 radical (unpaired) electrons. The molecule has 2 aliphatic heterocycles. The highest BCUT2D eigenvalue weighted by atomic mass is 127. The molecule has 3 rings (SSSR count). The first-order valence-electron chi connectivity index (χ1n) is 12.4. The van der Waals surface area contributed by atoms with Crippen molar-refractivity contribution in [3.05, 3.63) is 30.3 Å². The zero-order valence-electron chi connectivity index (χ0n) is 20.7. The van der Waals surface area contributed by atoms with Gasteiger partial charge in [-0.15, -0.1) is 24.0 Å². The Morgan fingerprint density at radius 3 is 2.39 bits per heavy atom. The van der Waals surface area contributed by atoms with Crippen molar-refractivity contribution in [1.82, 2.24) is 15.1 Å². The topological polar surface area (TPSA) is 52.6 Å². The number of methoxy groups -OCH3 is 1. The molecule has 1 atom stereocenters. The maximum atomic E-state index is 6.01. The summed E-state index contributed by atoms with van der Waals surface area (Å²) in [6, 6.07) is 11.2. The van der Waals surface area contributed by atoms with Gasteiger partial charge in [0.1, 0.15) is 0 Å². The number of para-hydroxylation sites is 1. The summed E-state index contributed by atoms with van der Waals surface area (Å²) in [5.41, 5.74) is 1.33. The van der Waals surface area contributed by atoms with Gasteiger partial charge in [-0.25, -0.2) is 0 Å². The summed E-state index contributed by atoms with van der Waals surface area (Å²) in [6.45, 7) is 14.1. The molecule has 2 saturated heterocycles. The molecule has 0 bridgehead atoms. The number of guanidine groups is 1. The van der Waals surface area contributed by atoms with E-state index in [-0.39, 0.29) is 24.0 Å². The van der Waals surface area contributed by atoms with Crippen LogP contribution in [-0.2, 0) is 9.47 Å². The molecule has 8 heteroatoms. The lowest BCUT2D eigenvalue weighted by Gasteiger charge is -2.39. The number of rotatable bonds is 10. The lowest BCUT2D eigenvalue weighted by molar-refractivity contribution is 0.00988. The Balaban J connectivity index is 0.00000385. The van der Waals surface area contributed by atoms with Gasteiger partial charge in [0.15, 0.2) is 5.96 Å². The SMILES string of the molecule is CCNC(=NCC(C)N1CCN(c2ccccc2)CC1)N1CCC(OCCCOC)CC1.I. The van der Waals surface area contributed by atoms with Crippen molar-refractivity contribution < 1.29 is 9.47 Å². The summed E-state index contributed by atoms with van der Waals surface area (Å²) in [7, 11) is 1.74. The normalized spacial score (nSPS) is 19.3. The van der Waals surface area contributed by atoms with Gasteiger partial charge in [-0.3, -0.25) is 9.89 Å². The monoisotopic (exact) mass is 573 g/mol. The van der Waals surface area contributed by atoms with Gasteiger partial charge in [0, 0.05) is 77.9 Å². The molecule has 0 saturated carbocycles. The smallest absolute Gasteiger partial charge is 0.193 e. The van der Waals surface area contributed by atoms with E-state index in [1.807, 2.05) is 0 Å². The maximum Gasteiger partial charge on any atom is 0.193 e. The highest BCUT2D eigenvalue weighted by Gasteiger charge is 2.24. The van der Waals surface area contributed by atoms with Gasteiger partial charge in [0.05, 0.1) is 12.6 Å². The number of piperazine rings is 1. The lowest BCUT2D eigenvalue weighted by atomic mass is 10.1. The largest absolute Gasteiger partial charge is 0.385 e. The third kappa shape index (κ3) is 9.22. The second-order valence-corrected chi connectivity index (χ2v) is 8.81. The van der Waals surface area contributed by atoms with Crippen LogP contribution in [0.3, 0.4) is 0 Å². The summed E-state index contributed by atoms with van der Waals surface area (Å²) >= 11 is 0. The predicted octanol–water partition coefficient (Wildman–Crippen LogP) is 3.30. The van der Waals surface area contributed by atoms with Gasteiger partial charge in [-0.1, -0.05) is 18.2 Å². The van der Waals surface area contributed by atoms with Crippen molar-refractivity contribution in [2.24, 2.45) is 4.99 Å². The van der Waals surface area contributed by atoms with Crippen molar-refractivity contribution in [3.8, 4) is 0 Å². The van der Waals surface area contributed by atoms with E-state index < -0.39 is 0 Å². The fourth-order valence-corrected chi connectivity index (χ4v) is 4.51. The molecule has 0 aliphatic carbocycles. The molecule has 188 valence electrons. The number of aliphatic imine (C=N–C) groups is 1. The summed E-state index contributed by atoms with van der Waals surface area (Å²) < 4.78 is 11.1. The average Bonchev–Trinajstić information content (AvgIpc) is 2.85. The molecular weight excluding hydrogens is 529 g/mol. The van der Waals surface area contributed by atoms with Crippen molar-refractivity contribution in [2.45, 2.75) is 45.3 Å². The van der Waals surface area contributed by atoms with E-state index in [1.54, 1.807) is 7.11 Å². The number of halogens is 1. The lowest BCUT2D eigenvalue weighted by Crippen LogP contribution is -2.51. The number of piperidine rings is 1. The Kier molecular flexibility index (Phi) is 13.4. The zero-order valence-corrected chi connectivity index (χ0v) is 23.1. The zero-order chi connectivity index (χ0) is 22.6. The Hall–Kier alpha value is -1.10. The van der Waals surface area contributed by atoms with Crippen LogP contribution in [0, 0.1) is 0 Å². The van der Waals surface area contributed by atoms with Crippen molar-refractivity contribution >= 4 is 35.6 Å². The number of benzene rings is 1. The van der Waals surface area contributed by atoms with Crippen LogP contribution >= 0.6 is 24.0 Å². The summed E-state index contributed by atoms with van der Waals surface area (Å²) in [5, 5.41) is 3.51. The molecule has 7 nitrogen and oxygen atoms in total. The predicted molar refractivity (Wildman–Crippen MR) is 148 cm³/mol. The van der Waals surface area contributed by atoms with E-state index in [0.29, 0.717) is 12.1 Å². The van der Waals surface area contributed by atoms with Gasteiger partial charge < -0.3 is 24.6 Å². The highest BCUT2D eigenvalue weighted by Crippen LogP contribution is 2.17. The number of hydrogen-bond acceptors (Lipinski definition) is 5. The molecule has 1 N–H and O–H groups in total. The molecule has 0 amide bonds. The van der Waals surface area contributed by atoms with Crippen LogP contribution in [-0.4, -0.2) is 101 Å². The first-order chi connectivity index (χ1) is 15.7. The number of anilines is 1. The van der Waals surface area contributed by atoms with Crippen molar-refractivity contribution in [2.75, 3.05) is 77.6 Å². The van der Waals surface area contributed by atoms with E-state index in [4.69, 9.17) is 14.5 Å². The molecule has 2 fully saturated rings. The molecule has 0 aromatic heterocycles. The fraction of sp³-hybridized carbons (Fsp3) is 0.720. The van der Waals surface area contributed by atoms with Crippen LogP contribution in [0.25, 0.3) is 0 Å². The Morgan fingerprint density at radius 2 is 1.76 bits per heavy atom. The summed E-state index contributed by atoms with van der Waals surface area (Å²) in [4.78, 5) is 12.5. The quantitative estimate of drug-likeness (QED) is 0.201. The number of likely N-dealkylation sites (tertiary alicyclic amines) is 1. The maximum absolute atomic E-state index is 6.01. The van der Waals surface area contributed by atoms with Gasteiger partial charge in [0.2, 0.25) is 0 Å². The van der Waals surface area contributed by atoms with Gasteiger partial charge in [0.25, 0.3) is 0 Å². The standard InChI is InChI=1S/C25H43N5O2.HI/c1-4-26-25(30-13-11-24(12-14-30)32-20-8-19-31-3)27-21-22(2)28-15-17-29(18-16-28)23-9-6-5-7-10-23;/h5-7,9-10,22,24H,4,8,11-21H2,1-3H3,(H,26,27);1H. The second-order valence-electron chi connectivity index (χ2n) is 8.81. The molecule has 2 aliphatic rings. The van der Waals surface area contributed by atoms with Crippen LogP contribution < -0.4 is 10.2 Å². The minimum absolute atomic E-state index is 0. The Morgan fingerprint density at radius 1 is 1.06 bits per heavy atom. The van der Waals surface area contributed by atoms with Gasteiger partial charge in [-0.05, 0) is 45.2 Å². The van der Waals surface area contributed by atoms with Crippen molar-refractivity contribution in [3.63, 3.8) is 0 Å². The van der Waals surface area contributed by atoms with E-state index in [9.17, 15) is 0 Å². The summed E-state index contributed by atoms with van der Waals surface area (Å²) in [6.07, 6.45) is 3.46. The number of ether oxygens (including phenoxy) is 2. The second kappa shape index (κ2) is 15.7. The van der Waals surface area contributed by atoms with Crippen LogP contribution in [0.1, 0.15) is 33.1 Å². The molecule has 33 heavy (non-hydrogen) atoms. The minimum atomic E-state index is 0. The van der Waals surface area contributed by atoms with Crippen molar-refractivity contribution in [1.29, 1.82) is 0 Å². The first-order valence-corrected chi connectivity index (χ1v) is 12.4. The third-order valence-electron chi connectivity index (χ3n) is 6.49. The number of nitrogens with one attached hydrogen (secondary N) is 1. The Bertz CT molecular complexity index is 662. The summed E-state index contributed by atoms with van der Waals surface area (Å²) in [5.74, 6) is 1.06. The van der Waals surface area contributed by atoms with Crippen LogP contribution in [0.4, 0.5) is 5.69 Å². The average molecular weight is 574 g/mol. The molecule has 0 spiro atoms. The molecular formula is C25H44IN5O2.